The molecule has 8 nitrogen and oxygen atoms in total. The van der Waals surface area contributed by atoms with Gasteiger partial charge in [0.2, 0.25) is 5.91 Å². The van der Waals surface area contributed by atoms with Crippen LogP contribution in [0.15, 0.2) is 78.6 Å². The van der Waals surface area contributed by atoms with E-state index in [0.717, 1.165) is 37.6 Å². The normalized spacial score (nSPS) is 16.4. The van der Waals surface area contributed by atoms with E-state index in [9.17, 15) is 9.59 Å². The van der Waals surface area contributed by atoms with E-state index in [4.69, 9.17) is 14.2 Å². The Morgan fingerprint density at radius 1 is 1.03 bits per heavy atom. The average Bonchev–Trinajstić information content (AvgIpc) is 2.95. The molecule has 0 saturated carbocycles. The summed E-state index contributed by atoms with van der Waals surface area (Å²) >= 11 is 0. The van der Waals surface area contributed by atoms with Crippen LogP contribution in [0, 0.1) is 0 Å². The van der Waals surface area contributed by atoms with E-state index in [1.54, 1.807) is 37.3 Å². The predicted molar refractivity (Wildman–Crippen MR) is 149 cm³/mol. The number of para-hydroxylation sites is 2. The molecule has 1 N–H and O–H groups in total. The molecule has 0 aromatic heterocycles. The van der Waals surface area contributed by atoms with Crippen molar-refractivity contribution in [3.05, 3.63) is 89.7 Å². The summed E-state index contributed by atoms with van der Waals surface area (Å²) in [4.78, 5) is 29.3. The first kappa shape index (κ1) is 25.1. The highest BCUT2D eigenvalue weighted by molar-refractivity contribution is 6.09. The van der Waals surface area contributed by atoms with Crippen LogP contribution in [0.3, 0.4) is 0 Å². The van der Waals surface area contributed by atoms with Gasteiger partial charge in [0.05, 0.1) is 26.0 Å². The highest BCUT2D eigenvalue weighted by Gasteiger charge is 2.27. The number of amides is 2. The lowest BCUT2D eigenvalue weighted by Crippen LogP contribution is -2.36. The van der Waals surface area contributed by atoms with Crippen molar-refractivity contribution in [2.24, 2.45) is 0 Å². The largest absolute Gasteiger partial charge is 0.496 e. The first-order valence-corrected chi connectivity index (χ1v) is 12.4. The van der Waals surface area contributed by atoms with Crippen LogP contribution in [0.25, 0.3) is 12.2 Å². The van der Waals surface area contributed by atoms with E-state index >= 15 is 0 Å². The fourth-order valence-corrected chi connectivity index (χ4v) is 4.39. The van der Waals surface area contributed by atoms with Crippen molar-refractivity contribution in [1.29, 1.82) is 0 Å². The minimum atomic E-state index is -0.259. The van der Waals surface area contributed by atoms with Crippen LogP contribution in [-0.2, 0) is 14.3 Å². The van der Waals surface area contributed by atoms with Gasteiger partial charge in [-0.3, -0.25) is 9.59 Å². The lowest BCUT2D eigenvalue weighted by Gasteiger charge is -2.28. The van der Waals surface area contributed by atoms with Gasteiger partial charge in [-0.25, -0.2) is 0 Å². The second kappa shape index (κ2) is 11.2. The van der Waals surface area contributed by atoms with Crippen LogP contribution >= 0.6 is 0 Å². The van der Waals surface area contributed by atoms with Crippen molar-refractivity contribution in [3.8, 4) is 11.5 Å². The molecule has 3 aromatic carbocycles. The topological polar surface area (TPSA) is 80.3 Å². The molecule has 5 rings (SSSR count). The highest BCUT2D eigenvalue weighted by Crippen LogP contribution is 2.35. The highest BCUT2D eigenvalue weighted by atomic mass is 16.5. The van der Waals surface area contributed by atoms with Gasteiger partial charge in [0, 0.05) is 43.2 Å². The molecule has 2 amide bonds. The molecule has 0 radical (unpaired) electrons. The molecule has 0 aliphatic carbocycles. The summed E-state index contributed by atoms with van der Waals surface area (Å²) in [6, 6.07) is 20.6. The molecule has 1 fully saturated rings. The summed E-state index contributed by atoms with van der Waals surface area (Å²) in [6.07, 6.45) is 4.84. The van der Waals surface area contributed by atoms with Crippen molar-refractivity contribution < 1.29 is 23.8 Å². The molecule has 3 aromatic rings. The molecule has 0 bridgehead atoms. The number of nitrogens with one attached hydrogen (secondary N) is 1. The first-order valence-electron chi connectivity index (χ1n) is 12.4. The van der Waals surface area contributed by atoms with E-state index in [1.807, 2.05) is 60.7 Å². The number of methoxy groups -OCH3 is 1. The third-order valence-electron chi connectivity index (χ3n) is 6.44. The van der Waals surface area contributed by atoms with Gasteiger partial charge in [-0.2, -0.15) is 0 Å². The van der Waals surface area contributed by atoms with Gasteiger partial charge in [0.25, 0.3) is 5.91 Å². The predicted octanol–water partition coefficient (Wildman–Crippen LogP) is 4.58. The number of ether oxygens (including phenoxy) is 3. The third-order valence-corrected chi connectivity index (χ3v) is 6.44. The maximum absolute atomic E-state index is 12.9. The Labute approximate surface area is 221 Å². The Kier molecular flexibility index (Phi) is 7.42. The lowest BCUT2D eigenvalue weighted by atomic mass is 10.1. The van der Waals surface area contributed by atoms with Crippen molar-refractivity contribution in [3.63, 3.8) is 0 Å². The van der Waals surface area contributed by atoms with E-state index in [2.05, 4.69) is 10.2 Å². The van der Waals surface area contributed by atoms with Gasteiger partial charge in [-0.1, -0.05) is 18.2 Å². The number of hydrogen-bond acceptors (Lipinski definition) is 6. The fourth-order valence-electron chi connectivity index (χ4n) is 4.39. The van der Waals surface area contributed by atoms with Crippen LogP contribution < -0.4 is 24.6 Å². The second-order valence-electron chi connectivity index (χ2n) is 8.91. The van der Waals surface area contributed by atoms with E-state index in [-0.39, 0.29) is 17.6 Å². The zero-order chi connectivity index (χ0) is 26.5. The zero-order valence-electron chi connectivity index (χ0n) is 21.3. The molecule has 0 unspecified atom stereocenters. The monoisotopic (exact) mass is 511 g/mol. The first-order chi connectivity index (χ1) is 18.5. The van der Waals surface area contributed by atoms with Crippen LogP contribution in [0.1, 0.15) is 11.1 Å². The van der Waals surface area contributed by atoms with Gasteiger partial charge in [-0.05, 0) is 66.2 Å². The fraction of sp³-hybridized carbons (Fsp3) is 0.200. The van der Waals surface area contributed by atoms with Crippen LogP contribution in [0.5, 0.6) is 11.5 Å². The molecule has 0 spiro atoms. The smallest absolute Gasteiger partial charge is 0.293 e. The van der Waals surface area contributed by atoms with E-state index < -0.39 is 0 Å². The minimum absolute atomic E-state index is 0.184. The number of fused-ring (bicyclic) bond motifs is 1. The summed E-state index contributed by atoms with van der Waals surface area (Å²) in [5.74, 6) is 0.862. The summed E-state index contributed by atoms with van der Waals surface area (Å²) in [6.45, 7) is 3.17. The number of hydrogen-bond donors (Lipinski definition) is 1. The number of nitrogens with zero attached hydrogens (tertiary/aromatic N) is 2. The number of anilines is 3. The van der Waals surface area contributed by atoms with Gasteiger partial charge in [-0.15, -0.1) is 0 Å². The molecule has 1 saturated heterocycles. The number of morpholine rings is 1. The number of likely N-dealkylation sites (N-methyl/N-ethyl adjacent to an activating group) is 1. The van der Waals surface area contributed by atoms with Gasteiger partial charge < -0.3 is 29.3 Å². The molecule has 38 heavy (non-hydrogen) atoms. The van der Waals surface area contributed by atoms with Crippen molar-refractivity contribution in [2.75, 3.05) is 55.6 Å². The minimum Gasteiger partial charge on any atom is -0.496 e. The number of rotatable bonds is 6. The summed E-state index contributed by atoms with van der Waals surface area (Å²) in [7, 11) is 3.28. The zero-order valence-corrected chi connectivity index (χ0v) is 21.3. The van der Waals surface area contributed by atoms with Gasteiger partial charge >= 0.3 is 0 Å². The van der Waals surface area contributed by atoms with Crippen LogP contribution in [0.2, 0.25) is 0 Å². The quantitative estimate of drug-likeness (QED) is 0.488. The standard InChI is InChI=1S/C30H29N3O5/c1-32-25-5-3-4-6-27(25)38-28(30(32)35)20-22-19-21(7-13-26(22)36-2)8-14-29(34)31-23-9-11-24(12-10-23)33-15-17-37-18-16-33/h3-14,19-20H,15-18H2,1-2H3,(H,31,34)/b14-8+,28-20-. The number of carbonyl (C=O) groups excluding carboxylic acids is 2. The molecule has 2 heterocycles. The molecular formula is C30H29N3O5. The molecule has 2 aliphatic rings. The molecule has 8 heteroatoms. The van der Waals surface area contributed by atoms with Crippen molar-refractivity contribution in [1.82, 2.24) is 0 Å². The summed E-state index contributed by atoms with van der Waals surface area (Å²) < 4.78 is 16.8. The summed E-state index contributed by atoms with van der Waals surface area (Å²) in [5.41, 5.74) is 3.96. The molecule has 2 aliphatic heterocycles. The Bertz CT molecular complexity index is 1390. The Morgan fingerprint density at radius 2 is 1.79 bits per heavy atom. The van der Waals surface area contributed by atoms with E-state index in [0.29, 0.717) is 28.4 Å². The average molecular weight is 512 g/mol. The van der Waals surface area contributed by atoms with E-state index in [1.165, 1.54) is 6.08 Å². The Morgan fingerprint density at radius 3 is 2.55 bits per heavy atom. The van der Waals surface area contributed by atoms with Gasteiger partial charge in [0.15, 0.2) is 11.5 Å². The van der Waals surface area contributed by atoms with Crippen molar-refractivity contribution in [2.45, 2.75) is 0 Å². The molecule has 0 atom stereocenters. The van der Waals surface area contributed by atoms with Crippen LogP contribution in [0.4, 0.5) is 17.1 Å². The summed E-state index contributed by atoms with van der Waals surface area (Å²) in [5, 5.41) is 2.89. The lowest BCUT2D eigenvalue weighted by molar-refractivity contribution is -0.117. The second-order valence-corrected chi connectivity index (χ2v) is 8.91. The molecular weight excluding hydrogens is 482 g/mol. The van der Waals surface area contributed by atoms with Crippen LogP contribution in [-0.4, -0.2) is 52.3 Å². The Hall–Kier alpha value is -4.56. The van der Waals surface area contributed by atoms with Crippen molar-refractivity contribution >= 4 is 41.0 Å². The SMILES string of the molecule is COc1ccc(/C=C/C(=O)Nc2ccc(N3CCOCC3)cc2)cc1/C=C1\Oc2ccccc2N(C)C1=O. The maximum Gasteiger partial charge on any atom is 0.293 e. The maximum atomic E-state index is 12.9. The number of carbonyl (C=O) groups is 2. The van der Waals surface area contributed by atoms with Gasteiger partial charge in [0.1, 0.15) is 5.75 Å². The third kappa shape index (κ3) is 5.55. The molecule has 194 valence electrons. The number of benzene rings is 3. The Balaban J connectivity index is 1.29.